The van der Waals surface area contributed by atoms with Crippen molar-refractivity contribution in [1.29, 1.82) is 0 Å². The summed E-state index contributed by atoms with van der Waals surface area (Å²) in [6.45, 7) is 3.58. The number of hydrogen-bond donors (Lipinski definition) is 1. The van der Waals surface area contributed by atoms with Crippen LogP contribution in [0, 0.1) is 5.92 Å². The largest absolute Gasteiger partial charge is 0.457 e. The third-order valence-corrected chi connectivity index (χ3v) is 6.08. The molecule has 0 bridgehead atoms. The first-order valence-electron chi connectivity index (χ1n) is 10.3. The zero-order chi connectivity index (χ0) is 22.1. The van der Waals surface area contributed by atoms with Gasteiger partial charge in [0.05, 0.1) is 17.9 Å². The molecule has 0 unspecified atom stereocenters. The van der Waals surface area contributed by atoms with E-state index in [1.54, 1.807) is 30.0 Å². The topological polar surface area (TPSA) is 92.8 Å². The molecule has 2 aromatic rings. The second-order valence-electron chi connectivity index (χ2n) is 8.08. The standard InChI is InChI=1S/C24H24N2O5/c1-14-19-10-17(8-9-20(19)25-23(14)29)21(27)13-31-24(30)18-11-22(28)26(12-18)15(2)16-6-4-3-5-7-16/h3-10,14-15,18H,11-13H2,1-2H3,(H,25,29)/t14-,15-,18-/m0/s1. The van der Waals surface area contributed by atoms with Crippen molar-refractivity contribution < 1.29 is 23.9 Å². The van der Waals surface area contributed by atoms with Gasteiger partial charge in [0.15, 0.2) is 12.4 Å². The number of Topliss-reactive ketones (excluding diaryl/α,β-unsaturated/α-hetero) is 1. The van der Waals surface area contributed by atoms with E-state index < -0.39 is 18.5 Å². The normalized spacial score (nSPS) is 20.9. The summed E-state index contributed by atoms with van der Waals surface area (Å²) in [6, 6.07) is 14.4. The Morgan fingerprint density at radius 1 is 1.16 bits per heavy atom. The molecule has 4 rings (SSSR count). The van der Waals surface area contributed by atoms with Crippen molar-refractivity contribution in [3.63, 3.8) is 0 Å². The maximum atomic E-state index is 12.5. The summed E-state index contributed by atoms with van der Waals surface area (Å²) in [5, 5.41) is 2.76. The number of ketones is 1. The predicted molar refractivity (Wildman–Crippen MR) is 113 cm³/mol. The molecule has 7 nitrogen and oxygen atoms in total. The SMILES string of the molecule is C[C@@H]1C(=O)Nc2ccc(C(=O)COC(=O)[C@H]3CC(=O)N([C@@H](C)c4ccccc4)C3)cc21. The van der Waals surface area contributed by atoms with E-state index in [4.69, 9.17) is 4.74 Å². The van der Waals surface area contributed by atoms with Crippen LogP contribution in [0.1, 0.15) is 53.7 Å². The van der Waals surface area contributed by atoms with E-state index in [1.165, 1.54) is 0 Å². The van der Waals surface area contributed by atoms with Crippen LogP contribution < -0.4 is 5.32 Å². The molecule has 0 aromatic heterocycles. The third kappa shape index (κ3) is 4.08. The third-order valence-electron chi connectivity index (χ3n) is 6.08. The van der Waals surface area contributed by atoms with Crippen molar-refractivity contribution in [2.24, 2.45) is 5.92 Å². The molecule has 7 heteroatoms. The van der Waals surface area contributed by atoms with E-state index >= 15 is 0 Å². The number of likely N-dealkylation sites (tertiary alicyclic amines) is 1. The van der Waals surface area contributed by atoms with Crippen molar-refractivity contribution >= 4 is 29.3 Å². The smallest absolute Gasteiger partial charge is 0.311 e. The number of carbonyl (C=O) groups is 4. The predicted octanol–water partition coefficient (Wildman–Crippen LogP) is 3.08. The van der Waals surface area contributed by atoms with Gasteiger partial charge in [0, 0.05) is 24.2 Å². The molecule has 31 heavy (non-hydrogen) atoms. The van der Waals surface area contributed by atoms with Crippen LogP contribution >= 0.6 is 0 Å². The molecule has 2 aromatic carbocycles. The fraction of sp³-hybridized carbons (Fsp3) is 0.333. The summed E-state index contributed by atoms with van der Waals surface area (Å²) in [7, 11) is 0. The molecule has 0 radical (unpaired) electrons. The summed E-state index contributed by atoms with van der Waals surface area (Å²) in [6.07, 6.45) is 0.0777. The molecule has 1 N–H and O–H groups in total. The van der Waals surface area contributed by atoms with Gasteiger partial charge < -0.3 is 15.0 Å². The van der Waals surface area contributed by atoms with Crippen molar-refractivity contribution in [3.8, 4) is 0 Å². The maximum absolute atomic E-state index is 12.5. The van der Waals surface area contributed by atoms with E-state index in [0.29, 0.717) is 11.3 Å². The summed E-state index contributed by atoms with van der Waals surface area (Å²) in [5.41, 5.74) is 2.84. The first-order chi connectivity index (χ1) is 14.8. The molecule has 0 saturated carbocycles. The van der Waals surface area contributed by atoms with Crippen LogP contribution in [-0.4, -0.2) is 41.6 Å². The second kappa shape index (κ2) is 8.34. The molecule has 3 atom stereocenters. The Balaban J connectivity index is 1.35. The minimum absolute atomic E-state index is 0.0777. The lowest BCUT2D eigenvalue weighted by molar-refractivity contribution is -0.147. The highest BCUT2D eigenvalue weighted by Crippen LogP contribution is 2.33. The average Bonchev–Trinajstić information content (AvgIpc) is 3.31. The Bertz CT molecular complexity index is 1050. The minimum Gasteiger partial charge on any atom is -0.457 e. The number of ether oxygens (including phenoxy) is 1. The van der Waals surface area contributed by atoms with Crippen LogP contribution in [0.15, 0.2) is 48.5 Å². The van der Waals surface area contributed by atoms with Gasteiger partial charge in [0.1, 0.15) is 0 Å². The summed E-state index contributed by atoms with van der Waals surface area (Å²) >= 11 is 0. The number of rotatable bonds is 6. The van der Waals surface area contributed by atoms with Gasteiger partial charge in [-0.1, -0.05) is 30.3 Å². The number of carbonyl (C=O) groups excluding carboxylic acids is 4. The van der Waals surface area contributed by atoms with E-state index in [0.717, 1.165) is 11.1 Å². The highest BCUT2D eigenvalue weighted by Gasteiger charge is 2.38. The molecule has 1 saturated heterocycles. The molecule has 0 spiro atoms. The van der Waals surface area contributed by atoms with Crippen molar-refractivity contribution in [2.45, 2.75) is 32.2 Å². The van der Waals surface area contributed by atoms with Gasteiger partial charge in [-0.25, -0.2) is 0 Å². The van der Waals surface area contributed by atoms with Crippen molar-refractivity contribution in [3.05, 3.63) is 65.2 Å². The average molecular weight is 420 g/mol. The quantitative estimate of drug-likeness (QED) is 0.573. The van der Waals surface area contributed by atoms with Gasteiger partial charge in [-0.15, -0.1) is 0 Å². The first-order valence-corrected chi connectivity index (χ1v) is 10.3. The van der Waals surface area contributed by atoms with E-state index in [2.05, 4.69) is 5.32 Å². The lowest BCUT2D eigenvalue weighted by atomic mass is 9.99. The molecule has 2 aliphatic heterocycles. The van der Waals surface area contributed by atoms with Crippen LogP contribution in [0.3, 0.4) is 0 Å². The number of fused-ring (bicyclic) bond motifs is 1. The van der Waals surface area contributed by atoms with Crippen LogP contribution in [-0.2, 0) is 19.1 Å². The van der Waals surface area contributed by atoms with Gasteiger partial charge >= 0.3 is 5.97 Å². The van der Waals surface area contributed by atoms with Gasteiger partial charge in [0.2, 0.25) is 11.8 Å². The highest BCUT2D eigenvalue weighted by atomic mass is 16.5. The van der Waals surface area contributed by atoms with E-state index in [9.17, 15) is 19.2 Å². The highest BCUT2D eigenvalue weighted by molar-refractivity contribution is 6.05. The maximum Gasteiger partial charge on any atom is 0.311 e. The summed E-state index contributed by atoms with van der Waals surface area (Å²) in [5.74, 6) is -2.02. The molecule has 2 aliphatic rings. The molecule has 160 valence electrons. The van der Waals surface area contributed by atoms with E-state index in [1.807, 2.05) is 37.3 Å². The monoisotopic (exact) mass is 420 g/mol. The Hall–Kier alpha value is -3.48. The molecule has 0 aliphatic carbocycles. The number of nitrogens with zero attached hydrogens (tertiary/aromatic N) is 1. The van der Waals surface area contributed by atoms with Gasteiger partial charge in [-0.05, 0) is 43.2 Å². The lowest BCUT2D eigenvalue weighted by Crippen LogP contribution is -2.30. The van der Waals surface area contributed by atoms with Crippen molar-refractivity contribution in [1.82, 2.24) is 4.90 Å². The van der Waals surface area contributed by atoms with Gasteiger partial charge in [0.25, 0.3) is 0 Å². The second-order valence-corrected chi connectivity index (χ2v) is 8.08. The lowest BCUT2D eigenvalue weighted by Gasteiger charge is -2.25. The van der Waals surface area contributed by atoms with Gasteiger partial charge in [-0.3, -0.25) is 19.2 Å². The van der Waals surface area contributed by atoms with Crippen LogP contribution in [0.25, 0.3) is 0 Å². The number of esters is 1. The number of anilines is 1. The molecule has 2 amide bonds. The van der Waals surface area contributed by atoms with Gasteiger partial charge in [-0.2, -0.15) is 0 Å². The Morgan fingerprint density at radius 3 is 2.65 bits per heavy atom. The number of hydrogen-bond acceptors (Lipinski definition) is 5. The van der Waals surface area contributed by atoms with Crippen LogP contribution in [0.2, 0.25) is 0 Å². The van der Waals surface area contributed by atoms with Crippen LogP contribution in [0.4, 0.5) is 5.69 Å². The fourth-order valence-electron chi connectivity index (χ4n) is 4.10. The number of benzene rings is 2. The molecule has 1 fully saturated rings. The molecular formula is C24H24N2O5. The first kappa shape index (κ1) is 20.8. The van der Waals surface area contributed by atoms with Crippen molar-refractivity contribution in [2.75, 3.05) is 18.5 Å². The Labute approximate surface area is 180 Å². The number of amides is 2. The number of nitrogens with one attached hydrogen (secondary N) is 1. The summed E-state index contributed by atoms with van der Waals surface area (Å²) in [4.78, 5) is 50.9. The fourth-order valence-corrected chi connectivity index (χ4v) is 4.10. The minimum atomic E-state index is -0.590. The Kier molecular flexibility index (Phi) is 5.59. The van der Waals surface area contributed by atoms with Crippen LogP contribution in [0.5, 0.6) is 0 Å². The molecular weight excluding hydrogens is 396 g/mol. The zero-order valence-electron chi connectivity index (χ0n) is 17.5. The summed E-state index contributed by atoms with van der Waals surface area (Å²) < 4.78 is 5.24. The molecule has 2 heterocycles. The van der Waals surface area contributed by atoms with E-state index in [-0.39, 0.29) is 42.5 Å². The zero-order valence-corrected chi connectivity index (χ0v) is 17.5. The Morgan fingerprint density at radius 2 is 1.90 bits per heavy atom.